The first-order valence-electron chi connectivity index (χ1n) is 3.48. The van der Waals surface area contributed by atoms with Crippen molar-refractivity contribution >= 4 is 17.7 Å². The molecule has 0 aliphatic heterocycles. The van der Waals surface area contributed by atoms with Crippen LogP contribution in [-0.4, -0.2) is 10.9 Å². The predicted octanol–water partition coefficient (Wildman–Crippen LogP) is 2.64. The van der Waals surface area contributed by atoms with E-state index in [2.05, 4.69) is 4.98 Å². The standard InChI is InChI=1S/C9H10ClN/c1-8-4-3-7-11-9(8)5-2-6-10/h2-5,7H,6H2,1H3. The molecule has 0 unspecified atom stereocenters. The number of alkyl halides is 1. The minimum Gasteiger partial charge on any atom is -0.257 e. The van der Waals surface area contributed by atoms with Crippen molar-refractivity contribution in [2.75, 3.05) is 5.88 Å². The van der Waals surface area contributed by atoms with E-state index in [1.165, 1.54) is 5.56 Å². The van der Waals surface area contributed by atoms with Crippen molar-refractivity contribution in [1.82, 2.24) is 4.98 Å². The summed E-state index contributed by atoms with van der Waals surface area (Å²) in [5, 5.41) is 0. The van der Waals surface area contributed by atoms with Gasteiger partial charge in [-0.15, -0.1) is 11.6 Å². The molecule has 0 radical (unpaired) electrons. The van der Waals surface area contributed by atoms with Gasteiger partial charge < -0.3 is 0 Å². The van der Waals surface area contributed by atoms with Crippen LogP contribution in [0.4, 0.5) is 0 Å². The number of nitrogens with zero attached hydrogens (tertiary/aromatic N) is 1. The fraction of sp³-hybridized carbons (Fsp3) is 0.222. The largest absolute Gasteiger partial charge is 0.257 e. The van der Waals surface area contributed by atoms with Gasteiger partial charge in [-0.2, -0.15) is 0 Å². The fourth-order valence-corrected chi connectivity index (χ4v) is 0.918. The van der Waals surface area contributed by atoms with Crippen LogP contribution in [0.15, 0.2) is 24.4 Å². The normalized spacial score (nSPS) is 10.7. The van der Waals surface area contributed by atoms with Crippen LogP contribution in [0, 0.1) is 6.92 Å². The molecule has 1 aromatic heterocycles. The van der Waals surface area contributed by atoms with Crippen molar-refractivity contribution in [2.45, 2.75) is 6.92 Å². The van der Waals surface area contributed by atoms with Gasteiger partial charge in [0.15, 0.2) is 0 Å². The van der Waals surface area contributed by atoms with Gasteiger partial charge in [0.05, 0.1) is 5.69 Å². The summed E-state index contributed by atoms with van der Waals surface area (Å²) in [4.78, 5) is 4.17. The van der Waals surface area contributed by atoms with E-state index in [4.69, 9.17) is 11.6 Å². The predicted molar refractivity (Wildman–Crippen MR) is 48.7 cm³/mol. The molecular weight excluding hydrogens is 158 g/mol. The molecule has 0 saturated heterocycles. The third kappa shape index (κ3) is 2.35. The third-order valence-electron chi connectivity index (χ3n) is 1.41. The Balaban J connectivity index is 2.86. The number of halogens is 1. The van der Waals surface area contributed by atoms with Gasteiger partial charge in [0.2, 0.25) is 0 Å². The highest BCUT2D eigenvalue weighted by Crippen LogP contribution is 2.04. The first kappa shape index (κ1) is 8.28. The zero-order chi connectivity index (χ0) is 8.10. The maximum atomic E-state index is 5.49. The van der Waals surface area contributed by atoms with Gasteiger partial charge in [-0.1, -0.05) is 12.1 Å². The molecule has 1 aromatic rings. The van der Waals surface area contributed by atoms with E-state index in [1.807, 2.05) is 31.2 Å². The summed E-state index contributed by atoms with van der Waals surface area (Å²) in [6, 6.07) is 3.95. The second kappa shape index (κ2) is 4.14. The quantitative estimate of drug-likeness (QED) is 0.618. The molecule has 58 valence electrons. The van der Waals surface area contributed by atoms with Crippen molar-refractivity contribution < 1.29 is 0 Å². The molecule has 0 spiro atoms. The summed E-state index contributed by atoms with van der Waals surface area (Å²) in [6.45, 7) is 2.03. The van der Waals surface area contributed by atoms with Crippen LogP contribution in [0.5, 0.6) is 0 Å². The van der Waals surface area contributed by atoms with Crippen molar-refractivity contribution in [3.05, 3.63) is 35.7 Å². The Morgan fingerprint density at radius 3 is 3.09 bits per heavy atom. The first-order chi connectivity index (χ1) is 5.34. The molecule has 1 rings (SSSR count). The molecule has 0 bridgehead atoms. The van der Waals surface area contributed by atoms with E-state index in [-0.39, 0.29) is 0 Å². The van der Waals surface area contributed by atoms with Crippen LogP contribution in [0.2, 0.25) is 0 Å². The molecule has 0 aromatic carbocycles. The average molecular weight is 168 g/mol. The molecule has 2 heteroatoms. The topological polar surface area (TPSA) is 12.9 Å². The van der Waals surface area contributed by atoms with E-state index < -0.39 is 0 Å². The molecule has 0 N–H and O–H groups in total. The maximum Gasteiger partial charge on any atom is 0.0656 e. The van der Waals surface area contributed by atoms with Gasteiger partial charge in [-0.25, -0.2) is 0 Å². The monoisotopic (exact) mass is 167 g/mol. The number of hydrogen-bond donors (Lipinski definition) is 0. The van der Waals surface area contributed by atoms with Crippen LogP contribution in [0.25, 0.3) is 6.08 Å². The SMILES string of the molecule is Cc1cccnc1C=CCCl. The van der Waals surface area contributed by atoms with Crippen LogP contribution in [-0.2, 0) is 0 Å². The second-order valence-electron chi connectivity index (χ2n) is 2.26. The van der Waals surface area contributed by atoms with Gasteiger partial charge in [0, 0.05) is 12.1 Å². The highest BCUT2D eigenvalue weighted by molar-refractivity contribution is 6.19. The lowest BCUT2D eigenvalue weighted by Crippen LogP contribution is -1.83. The Morgan fingerprint density at radius 2 is 2.45 bits per heavy atom. The van der Waals surface area contributed by atoms with Gasteiger partial charge in [0.1, 0.15) is 0 Å². The summed E-state index contributed by atoms with van der Waals surface area (Å²) in [6.07, 6.45) is 5.60. The van der Waals surface area contributed by atoms with E-state index in [1.54, 1.807) is 6.20 Å². The molecule has 0 aliphatic rings. The Kier molecular flexibility index (Phi) is 3.12. The van der Waals surface area contributed by atoms with Crippen LogP contribution < -0.4 is 0 Å². The molecule has 1 nitrogen and oxygen atoms in total. The van der Waals surface area contributed by atoms with E-state index in [9.17, 15) is 0 Å². The summed E-state index contributed by atoms with van der Waals surface area (Å²) in [7, 11) is 0. The third-order valence-corrected chi connectivity index (χ3v) is 1.59. The average Bonchev–Trinajstić information content (AvgIpc) is 2.03. The Labute approximate surface area is 71.7 Å². The first-order valence-corrected chi connectivity index (χ1v) is 4.02. The zero-order valence-electron chi connectivity index (χ0n) is 6.42. The summed E-state index contributed by atoms with van der Waals surface area (Å²) >= 11 is 5.49. The number of aryl methyl sites for hydroxylation is 1. The van der Waals surface area contributed by atoms with E-state index in [0.717, 1.165) is 5.69 Å². The zero-order valence-corrected chi connectivity index (χ0v) is 7.17. The number of allylic oxidation sites excluding steroid dienone is 1. The lowest BCUT2D eigenvalue weighted by atomic mass is 10.2. The molecule has 0 saturated carbocycles. The van der Waals surface area contributed by atoms with E-state index >= 15 is 0 Å². The fourth-order valence-electron chi connectivity index (χ4n) is 0.829. The molecule has 0 amide bonds. The van der Waals surface area contributed by atoms with E-state index in [0.29, 0.717) is 5.88 Å². The minimum atomic E-state index is 0.538. The van der Waals surface area contributed by atoms with Crippen LogP contribution in [0.1, 0.15) is 11.3 Å². The number of hydrogen-bond acceptors (Lipinski definition) is 1. The lowest BCUT2D eigenvalue weighted by Gasteiger charge is -1.95. The highest BCUT2D eigenvalue weighted by Gasteiger charge is 1.90. The molecule has 0 aliphatic carbocycles. The minimum absolute atomic E-state index is 0.538. The smallest absolute Gasteiger partial charge is 0.0656 e. The van der Waals surface area contributed by atoms with Crippen LogP contribution in [0.3, 0.4) is 0 Å². The van der Waals surface area contributed by atoms with Gasteiger partial charge in [0.25, 0.3) is 0 Å². The Morgan fingerprint density at radius 1 is 1.64 bits per heavy atom. The summed E-state index contributed by atoms with van der Waals surface area (Å²) in [5.41, 5.74) is 2.17. The molecule has 1 heterocycles. The lowest BCUT2D eigenvalue weighted by molar-refractivity contribution is 1.24. The van der Waals surface area contributed by atoms with Gasteiger partial charge >= 0.3 is 0 Å². The Hall–Kier alpha value is -0.820. The van der Waals surface area contributed by atoms with Gasteiger partial charge in [-0.3, -0.25) is 4.98 Å². The molecule has 11 heavy (non-hydrogen) atoms. The van der Waals surface area contributed by atoms with Gasteiger partial charge in [-0.05, 0) is 24.6 Å². The second-order valence-corrected chi connectivity index (χ2v) is 2.57. The number of pyridine rings is 1. The maximum absolute atomic E-state index is 5.49. The Bertz CT molecular complexity index is 255. The highest BCUT2D eigenvalue weighted by atomic mass is 35.5. The summed E-state index contributed by atoms with van der Waals surface area (Å²) < 4.78 is 0. The number of rotatable bonds is 2. The van der Waals surface area contributed by atoms with Crippen molar-refractivity contribution in [1.29, 1.82) is 0 Å². The molecule has 0 fully saturated rings. The molecule has 0 atom stereocenters. The van der Waals surface area contributed by atoms with Crippen molar-refractivity contribution in [2.24, 2.45) is 0 Å². The summed E-state index contributed by atoms with van der Waals surface area (Å²) in [5.74, 6) is 0.538. The molecular formula is C9H10ClN. The number of aromatic nitrogens is 1. The van der Waals surface area contributed by atoms with Crippen molar-refractivity contribution in [3.63, 3.8) is 0 Å². The van der Waals surface area contributed by atoms with Crippen LogP contribution >= 0.6 is 11.6 Å². The van der Waals surface area contributed by atoms with Crippen molar-refractivity contribution in [3.8, 4) is 0 Å².